The molecule has 0 spiro atoms. The predicted octanol–water partition coefficient (Wildman–Crippen LogP) is 1.66. The molecule has 0 radical (unpaired) electrons. The van der Waals surface area contributed by atoms with Gasteiger partial charge < -0.3 is 15.4 Å². The Bertz CT molecular complexity index is 713. The third-order valence-corrected chi connectivity index (χ3v) is 6.28. The number of hydrogen-bond acceptors (Lipinski definition) is 5. The Labute approximate surface area is 172 Å². The molecule has 3 fully saturated rings. The molecule has 2 saturated heterocycles. The molecule has 7 nitrogen and oxygen atoms in total. The summed E-state index contributed by atoms with van der Waals surface area (Å²) in [5.41, 5.74) is 1.48. The summed E-state index contributed by atoms with van der Waals surface area (Å²) < 4.78 is 5.53. The zero-order valence-corrected chi connectivity index (χ0v) is 17.2. The van der Waals surface area contributed by atoms with Crippen molar-refractivity contribution in [1.82, 2.24) is 20.5 Å². The van der Waals surface area contributed by atoms with Gasteiger partial charge in [0.2, 0.25) is 5.91 Å². The molecule has 0 aromatic carbocycles. The summed E-state index contributed by atoms with van der Waals surface area (Å²) in [6.07, 6.45) is 7.42. The summed E-state index contributed by atoms with van der Waals surface area (Å²) in [7, 11) is 0. The predicted molar refractivity (Wildman–Crippen MR) is 110 cm³/mol. The molecule has 3 heterocycles. The highest BCUT2D eigenvalue weighted by Crippen LogP contribution is 2.25. The highest BCUT2D eigenvalue weighted by atomic mass is 16.5. The van der Waals surface area contributed by atoms with Gasteiger partial charge >= 0.3 is 0 Å². The SMILES string of the molecule is Cc1ccc(C(=O)N[C@H]2CC[C@@H](C(=O)NC3CC3)CN(C3CCOCC3)C2)cn1. The van der Waals surface area contributed by atoms with Gasteiger partial charge in [0.05, 0.1) is 11.5 Å². The van der Waals surface area contributed by atoms with Gasteiger partial charge in [-0.05, 0) is 57.6 Å². The first-order chi connectivity index (χ1) is 14.1. The lowest BCUT2D eigenvalue weighted by molar-refractivity contribution is -0.126. The number of pyridine rings is 1. The maximum Gasteiger partial charge on any atom is 0.253 e. The second-order valence-corrected chi connectivity index (χ2v) is 8.71. The van der Waals surface area contributed by atoms with E-state index in [2.05, 4.69) is 20.5 Å². The molecule has 1 saturated carbocycles. The van der Waals surface area contributed by atoms with E-state index in [1.165, 1.54) is 0 Å². The van der Waals surface area contributed by atoms with Crippen molar-refractivity contribution in [2.45, 2.75) is 63.6 Å². The van der Waals surface area contributed by atoms with Crippen LogP contribution in [0.5, 0.6) is 0 Å². The molecule has 29 heavy (non-hydrogen) atoms. The molecule has 0 unspecified atom stereocenters. The second-order valence-electron chi connectivity index (χ2n) is 8.71. The molecule has 1 aromatic heterocycles. The third kappa shape index (κ3) is 5.54. The summed E-state index contributed by atoms with van der Waals surface area (Å²) in [6.45, 7) is 4.99. The average Bonchev–Trinajstić information content (AvgIpc) is 3.56. The van der Waals surface area contributed by atoms with Gasteiger partial charge in [0.15, 0.2) is 0 Å². The van der Waals surface area contributed by atoms with Gasteiger partial charge in [0, 0.05) is 56.3 Å². The Kier molecular flexibility index (Phi) is 6.45. The molecule has 2 N–H and O–H groups in total. The Balaban J connectivity index is 1.43. The molecule has 2 aliphatic heterocycles. The third-order valence-electron chi connectivity index (χ3n) is 6.28. The highest BCUT2D eigenvalue weighted by Gasteiger charge is 2.35. The summed E-state index contributed by atoms with van der Waals surface area (Å²) in [4.78, 5) is 32.1. The molecule has 7 heteroatoms. The van der Waals surface area contributed by atoms with Crippen molar-refractivity contribution in [3.8, 4) is 0 Å². The molecular weight excluding hydrogens is 368 g/mol. The zero-order chi connectivity index (χ0) is 20.2. The molecule has 1 aromatic rings. The van der Waals surface area contributed by atoms with Crippen LogP contribution in [0.15, 0.2) is 18.3 Å². The van der Waals surface area contributed by atoms with Crippen LogP contribution in [0.25, 0.3) is 0 Å². The van der Waals surface area contributed by atoms with Gasteiger partial charge in [0.25, 0.3) is 5.91 Å². The number of hydrogen-bond donors (Lipinski definition) is 2. The Hall–Kier alpha value is -1.99. The van der Waals surface area contributed by atoms with Crippen LogP contribution in [0.3, 0.4) is 0 Å². The van der Waals surface area contributed by atoms with Crippen LogP contribution >= 0.6 is 0 Å². The fourth-order valence-corrected chi connectivity index (χ4v) is 4.32. The Morgan fingerprint density at radius 1 is 1.00 bits per heavy atom. The average molecular weight is 401 g/mol. The minimum absolute atomic E-state index is 0.0126. The van der Waals surface area contributed by atoms with Crippen molar-refractivity contribution < 1.29 is 14.3 Å². The first kappa shape index (κ1) is 20.3. The van der Waals surface area contributed by atoms with E-state index < -0.39 is 0 Å². The van der Waals surface area contributed by atoms with Gasteiger partial charge in [-0.15, -0.1) is 0 Å². The molecule has 0 bridgehead atoms. The molecule has 158 valence electrons. The lowest BCUT2D eigenvalue weighted by Crippen LogP contribution is -2.49. The van der Waals surface area contributed by atoms with E-state index in [1.54, 1.807) is 6.20 Å². The van der Waals surface area contributed by atoms with Gasteiger partial charge in [0.1, 0.15) is 0 Å². The maximum atomic E-state index is 12.8. The minimum atomic E-state index is -0.0877. The van der Waals surface area contributed by atoms with Crippen LogP contribution in [0.2, 0.25) is 0 Å². The van der Waals surface area contributed by atoms with Crippen molar-refractivity contribution in [1.29, 1.82) is 0 Å². The fourth-order valence-electron chi connectivity index (χ4n) is 4.32. The molecule has 4 rings (SSSR count). The Morgan fingerprint density at radius 2 is 1.76 bits per heavy atom. The standard InChI is InChI=1S/C22H32N4O3/c1-15-2-3-16(12-23-15)21(27)25-19-5-4-17(22(28)24-18-6-7-18)13-26(14-19)20-8-10-29-11-9-20/h2-3,12,17-20H,4-11,13-14H2,1H3,(H,24,28)(H,25,27)/t17-,19+/m1/s1. The van der Waals surface area contributed by atoms with Crippen molar-refractivity contribution in [2.24, 2.45) is 5.92 Å². The normalized spacial score (nSPS) is 26.5. The summed E-state index contributed by atoms with van der Waals surface area (Å²) in [6, 6.07) is 4.50. The van der Waals surface area contributed by atoms with Crippen LogP contribution in [0, 0.1) is 12.8 Å². The smallest absolute Gasteiger partial charge is 0.253 e. The molecule has 2 amide bonds. The molecular formula is C22H32N4O3. The van der Waals surface area contributed by atoms with E-state index in [0.717, 1.165) is 70.5 Å². The van der Waals surface area contributed by atoms with Gasteiger partial charge in [-0.3, -0.25) is 19.5 Å². The van der Waals surface area contributed by atoms with E-state index in [9.17, 15) is 9.59 Å². The summed E-state index contributed by atoms with van der Waals surface area (Å²) in [5, 5.41) is 6.37. The number of ether oxygens (including phenoxy) is 1. The first-order valence-electron chi connectivity index (χ1n) is 10.9. The summed E-state index contributed by atoms with van der Waals surface area (Å²) in [5.74, 6) is 0.0796. The molecule has 3 aliphatic rings. The lowest BCUT2D eigenvalue weighted by Gasteiger charge is -2.36. The van der Waals surface area contributed by atoms with Gasteiger partial charge in [-0.2, -0.15) is 0 Å². The number of nitrogens with one attached hydrogen (secondary N) is 2. The van der Waals surface area contributed by atoms with Crippen LogP contribution in [-0.2, 0) is 9.53 Å². The van der Waals surface area contributed by atoms with Gasteiger partial charge in [-0.25, -0.2) is 0 Å². The van der Waals surface area contributed by atoms with E-state index in [-0.39, 0.29) is 23.8 Å². The van der Waals surface area contributed by atoms with Crippen LogP contribution < -0.4 is 10.6 Å². The number of likely N-dealkylation sites (tertiary alicyclic amines) is 1. The number of rotatable bonds is 5. The summed E-state index contributed by atoms with van der Waals surface area (Å²) >= 11 is 0. The van der Waals surface area contributed by atoms with Crippen molar-refractivity contribution in [2.75, 3.05) is 26.3 Å². The number of aryl methyl sites for hydroxylation is 1. The van der Waals surface area contributed by atoms with Crippen molar-refractivity contribution in [3.63, 3.8) is 0 Å². The van der Waals surface area contributed by atoms with E-state index in [0.29, 0.717) is 17.6 Å². The number of amides is 2. The van der Waals surface area contributed by atoms with E-state index in [1.807, 2.05) is 19.1 Å². The maximum absolute atomic E-state index is 12.8. The highest BCUT2D eigenvalue weighted by molar-refractivity contribution is 5.94. The van der Waals surface area contributed by atoms with Crippen molar-refractivity contribution in [3.05, 3.63) is 29.6 Å². The Morgan fingerprint density at radius 3 is 2.45 bits per heavy atom. The number of carbonyl (C=O) groups is 2. The second kappa shape index (κ2) is 9.22. The minimum Gasteiger partial charge on any atom is -0.381 e. The largest absolute Gasteiger partial charge is 0.381 e. The quantitative estimate of drug-likeness (QED) is 0.785. The van der Waals surface area contributed by atoms with Crippen LogP contribution in [0.1, 0.15) is 54.6 Å². The monoisotopic (exact) mass is 400 g/mol. The van der Waals surface area contributed by atoms with E-state index >= 15 is 0 Å². The first-order valence-corrected chi connectivity index (χ1v) is 10.9. The van der Waals surface area contributed by atoms with Crippen LogP contribution in [0.4, 0.5) is 0 Å². The fraction of sp³-hybridized carbons (Fsp3) is 0.682. The number of nitrogens with zero attached hydrogens (tertiary/aromatic N) is 2. The lowest BCUT2D eigenvalue weighted by atomic mass is 10.00. The number of carbonyl (C=O) groups excluding carboxylic acids is 2. The molecule has 1 aliphatic carbocycles. The molecule has 2 atom stereocenters. The van der Waals surface area contributed by atoms with E-state index in [4.69, 9.17) is 4.74 Å². The van der Waals surface area contributed by atoms with Gasteiger partial charge in [-0.1, -0.05) is 0 Å². The zero-order valence-electron chi connectivity index (χ0n) is 17.2. The van der Waals surface area contributed by atoms with Crippen molar-refractivity contribution >= 4 is 11.8 Å². The van der Waals surface area contributed by atoms with Crippen LogP contribution in [-0.4, -0.2) is 66.1 Å². The number of aromatic nitrogens is 1. The topological polar surface area (TPSA) is 83.6 Å².